The van der Waals surface area contributed by atoms with Gasteiger partial charge in [0.05, 0.1) is 11.8 Å². The summed E-state index contributed by atoms with van der Waals surface area (Å²) in [4.78, 5) is 16.1. The third-order valence-electron chi connectivity index (χ3n) is 3.85. The van der Waals surface area contributed by atoms with Gasteiger partial charge in [0.25, 0.3) is 5.91 Å². The Hall–Kier alpha value is -1.30. The van der Waals surface area contributed by atoms with Crippen LogP contribution in [0.2, 0.25) is 0 Å². The minimum Gasteiger partial charge on any atom is -0.372 e. The lowest BCUT2D eigenvalue weighted by molar-refractivity contribution is 0.0949. The molecule has 2 N–H and O–H groups in total. The zero-order chi connectivity index (χ0) is 14.6. The second kappa shape index (κ2) is 6.43. The molecule has 0 unspecified atom stereocenters. The van der Waals surface area contributed by atoms with E-state index in [1.807, 2.05) is 11.8 Å². The molecule has 0 radical (unpaired) electrons. The van der Waals surface area contributed by atoms with Gasteiger partial charge in [-0.15, -0.1) is 0 Å². The fourth-order valence-corrected chi connectivity index (χ4v) is 3.53. The summed E-state index contributed by atoms with van der Waals surface area (Å²) in [5.41, 5.74) is 0.252. The van der Waals surface area contributed by atoms with Crippen LogP contribution in [-0.4, -0.2) is 35.5 Å². The Morgan fingerprint density at radius 3 is 2.80 bits per heavy atom. The number of anilines is 1. The highest BCUT2D eigenvalue weighted by molar-refractivity contribution is 8.00. The molecule has 1 amide bonds. The van der Waals surface area contributed by atoms with Gasteiger partial charge in [-0.2, -0.15) is 11.8 Å². The molecule has 1 fully saturated rings. The Morgan fingerprint density at radius 2 is 2.20 bits per heavy atom. The summed E-state index contributed by atoms with van der Waals surface area (Å²) >= 11 is 1.81. The molecule has 1 aromatic rings. The van der Waals surface area contributed by atoms with Crippen LogP contribution in [0.15, 0.2) is 12.3 Å². The monoisotopic (exact) mass is 297 g/mol. The molecule has 110 valence electrons. The van der Waals surface area contributed by atoms with Crippen molar-refractivity contribution in [1.82, 2.24) is 10.3 Å². The fourth-order valence-electron chi connectivity index (χ4n) is 2.62. The van der Waals surface area contributed by atoms with E-state index in [1.54, 1.807) is 7.05 Å². The molecule has 0 bridgehead atoms. The number of rotatable bonds is 5. The van der Waals surface area contributed by atoms with E-state index in [0.29, 0.717) is 12.4 Å². The van der Waals surface area contributed by atoms with Crippen LogP contribution in [0.1, 0.15) is 36.0 Å². The molecule has 1 saturated carbocycles. The van der Waals surface area contributed by atoms with Gasteiger partial charge in [-0.05, 0) is 25.2 Å². The molecular weight excluding hydrogens is 277 g/mol. The van der Waals surface area contributed by atoms with Crippen LogP contribution < -0.4 is 10.6 Å². The van der Waals surface area contributed by atoms with E-state index in [0.717, 1.165) is 19.0 Å². The molecule has 6 heteroatoms. The number of amides is 1. The molecule has 0 atom stereocenters. The number of carbonyl (C=O) groups is 1. The molecule has 0 spiro atoms. The van der Waals surface area contributed by atoms with Gasteiger partial charge < -0.3 is 10.6 Å². The molecule has 4 nitrogen and oxygen atoms in total. The van der Waals surface area contributed by atoms with Crippen LogP contribution in [0, 0.1) is 5.82 Å². The Bertz CT molecular complexity index is 489. The van der Waals surface area contributed by atoms with Crippen LogP contribution in [0.4, 0.5) is 10.2 Å². The van der Waals surface area contributed by atoms with Gasteiger partial charge >= 0.3 is 0 Å². The van der Waals surface area contributed by atoms with Crippen LogP contribution >= 0.6 is 11.8 Å². The zero-order valence-electron chi connectivity index (χ0n) is 11.8. The van der Waals surface area contributed by atoms with Crippen molar-refractivity contribution in [1.29, 1.82) is 0 Å². The number of hydrogen-bond donors (Lipinski definition) is 2. The van der Waals surface area contributed by atoms with E-state index in [4.69, 9.17) is 0 Å². The summed E-state index contributed by atoms with van der Waals surface area (Å²) in [6.07, 6.45) is 7.84. The second-order valence-corrected chi connectivity index (χ2v) is 6.35. The van der Waals surface area contributed by atoms with Gasteiger partial charge in [-0.25, -0.2) is 9.37 Å². The summed E-state index contributed by atoms with van der Waals surface area (Å²) in [6.45, 7) is 0.618. The van der Waals surface area contributed by atoms with E-state index in [2.05, 4.69) is 21.9 Å². The number of thioether (sulfide) groups is 1. The topological polar surface area (TPSA) is 54.0 Å². The molecule has 1 aliphatic carbocycles. The number of aromatic nitrogens is 1. The minimum atomic E-state index is -0.505. The normalized spacial score (nSPS) is 16.9. The maximum absolute atomic E-state index is 13.3. The first-order valence-corrected chi connectivity index (χ1v) is 7.99. The minimum absolute atomic E-state index is 0.135. The van der Waals surface area contributed by atoms with Crippen LogP contribution in [-0.2, 0) is 0 Å². The molecule has 0 aromatic carbocycles. The number of nitrogens with zero attached hydrogens (tertiary/aromatic N) is 1. The van der Waals surface area contributed by atoms with Crippen LogP contribution in [0.25, 0.3) is 0 Å². The first kappa shape index (κ1) is 15.1. The highest BCUT2D eigenvalue weighted by atomic mass is 32.2. The molecule has 1 heterocycles. The Kier molecular flexibility index (Phi) is 4.86. The van der Waals surface area contributed by atoms with Gasteiger partial charge in [0.15, 0.2) is 0 Å². The van der Waals surface area contributed by atoms with Crippen LogP contribution in [0.3, 0.4) is 0 Å². The Balaban J connectivity index is 2.06. The molecule has 20 heavy (non-hydrogen) atoms. The zero-order valence-corrected chi connectivity index (χ0v) is 12.6. The Labute approximate surface area is 122 Å². The average molecular weight is 297 g/mol. The summed E-state index contributed by atoms with van der Waals surface area (Å²) in [7, 11) is 1.66. The summed E-state index contributed by atoms with van der Waals surface area (Å²) < 4.78 is 13.4. The third-order valence-corrected chi connectivity index (χ3v) is 5.27. The van der Waals surface area contributed by atoms with Gasteiger partial charge in [0, 0.05) is 18.3 Å². The average Bonchev–Trinajstić information content (AvgIpc) is 2.94. The van der Waals surface area contributed by atoms with Crippen molar-refractivity contribution in [2.75, 3.05) is 25.2 Å². The van der Waals surface area contributed by atoms with Crippen molar-refractivity contribution in [3.05, 3.63) is 23.6 Å². The molecular formula is C14H20FN3OS. The lowest BCUT2D eigenvalue weighted by atomic mass is 10.1. The van der Waals surface area contributed by atoms with Crippen molar-refractivity contribution >= 4 is 23.5 Å². The lowest BCUT2D eigenvalue weighted by Gasteiger charge is -2.27. The van der Waals surface area contributed by atoms with Crippen LogP contribution in [0.5, 0.6) is 0 Å². The van der Waals surface area contributed by atoms with Gasteiger partial charge in [-0.3, -0.25) is 4.79 Å². The van der Waals surface area contributed by atoms with Crippen molar-refractivity contribution in [2.45, 2.75) is 30.4 Å². The summed E-state index contributed by atoms with van der Waals surface area (Å²) in [5.74, 6) is -0.384. The SMILES string of the molecule is CNc1ncc(F)cc1C(=O)NCC1(SC)CCCC1. The molecule has 0 aliphatic heterocycles. The largest absolute Gasteiger partial charge is 0.372 e. The van der Waals surface area contributed by atoms with E-state index in [-0.39, 0.29) is 16.2 Å². The third kappa shape index (κ3) is 3.23. The number of carbonyl (C=O) groups excluding carboxylic acids is 1. The van der Waals surface area contributed by atoms with Gasteiger partial charge in [0.2, 0.25) is 0 Å². The van der Waals surface area contributed by atoms with Gasteiger partial charge in [0.1, 0.15) is 11.6 Å². The van der Waals surface area contributed by atoms with Crippen molar-refractivity contribution < 1.29 is 9.18 Å². The molecule has 1 aliphatic rings. The van der Waals surface area contributed by atoms with E-state index >= 15 is 0 Å². The van der Waals surface area contributed by atoms with E-state index in [1.165, 1.54) is 18.9 Å². The van der Waals surface area contributed by atoms with E-state index in [9.17, 15) is 9.18 Å². The maximum Gasteiger partial charge on any atom is 0.255 e. The predicted octanol–water partition coefficient (Wildman–Crippen LogP) is 2.67. The summed E-state index contributed by atoms with van der Waals surface area (Å²) in [6, 6.07) is 1.22. The van der Waals surface area contributed by atoms with Crippen molar-refractivity contribution in [3.8, 4) is 0 Å². The predicted molar refractivity (Wildman–Crippen MR) is 80.8 cm³/mol. The second-order valence-electron chi connectivity index (χ2n) is 5.08. The standard InChI is InChI=1S/C14H20FN3OS/c1-16-12-11(7-10(15)8-17-12)13(19)18-9-14(20-2)5-3-4-6-14/h7-8H,3-6,9H2,1-2H3,(H,16,17)(H,18,19). The molecule has 0 saturated heterocycles. The molecule has 2 rings (SSSR count). The smallest absolute Gasteiger partial charge is 0.255 e. The Morgan fingerprint density at radius 1 is 1.50 bits per heavy atom. The summed E-state index contributed by atoms with van der Waals surface area (Å²) in [5, 5.41) is 5.74. The number of nitrogens with one attached hydrogen (secondary N) is 2. The lowest BCUT2D eigenvalue weighted by Crippen LogP contribution is -2.38. The highest BCUT2D eigenvalue weighted by Gasteiger charge is 2.33. The quantitative estimate of drug-likeness (QED) is 0.877. The van der Waals surface area contributed by atoms with Crippen molar-refractivity contribution in [3.63, 3.8) is 0 Å². The number of hydrogen-bond acceptors (Lipinski definition) is 4. The highest BCUT2D eigenvalue weighted by Crippen LogP contribution is 2.39. The fraction of sp³-hybridized carbons (Fsp3) is 0.571. The van der Waals surface area contributed by atoms with Gasteiger partial charge in [-0.1, -0.05) is 12.8 Å². The number of pyridine rings is 1. The maximum atomic E-state index is 13.3. The number of halogens is 1. The molecule has 1 aromatic heterocycles. The first-order chi connectivity index (χ1) is 9.60. The van der Waals surface area contributed by atoms with E-state index < -0.39 is 5.82 Å². The van der Waals surface area contributed by atoms with Crippen molar-refractivity contribution in [2.24, 2.45) is 0 Å². The first-order valence-electron chi connectivity index (χ1n) is 6.77.